The molecule has 0 saturated carbocycles. The van der Waals surface area contributed by atoms with Gasteiger partial charge in [-0.3, -0.25) is 9.20 Å². The lowest BCUT2D eigenvalue weighted by molar-refractivity contribution is -0.148. The molecule has 0 aliphatic carbocycles. The number of rotatable bonds is 7. The van der Waals surface area contributed by atoms with Gasteiger partial charge in [-0.25, -0.2) is 14.8 Å². The van der Waals surface area contributed by atoms with Crippen molar-refractivity contribution in [3.63, 3.8) is 0 Å². The molecule has 0 spiro atoms. The van der Waals surface area contributed by atoms with Gasteiger partial charge in [0.05, 0.1) is 16.3 Å². The van der Waals surface area contributed by atoms with Gasteiger partial charge in [0.2, 0.25) is 0 Å². The van der Waals surface area contributed by atoms with Crippen LogP contribution in [0.4, 0.5) is 5.82 Å². The molecule has 3 aromatic heterocycles. The van der Waals surface area contributed by atoms with E-state index in [4.69, 9.17) is 14.7 Å². The molecule has 0 unspecified atom stereocenters. The standard InChI is InChI=1S/C27H35N5O3S/c1-18(2)21-17-36-23(29-21)8-6-19-10-13-32-22(16-19)30-25(31-14-11-28-12-15-31)20(26(32)34)7-9-24(33)35-27(3,4)5/h7,9-10,13,16-18,28H,6,8,11-12,14-15H2,1-5H3/b9-7+. The van der Waals surface area contributed by atoms with E-state index in [9.17, 15) is 9.59 Å². The molecule has 1 saturated heterocycles. The Bertz CT molecular complexity index is 1310. The number of carbonyl (C=O) groups is 1. The minimum atomic E-state index is -0.606. The fourth-order valence-electron chi connectivity index (χ4n) is 4.04. The number of hydrogen-bond donors (Lipinski definition) is 1. The molecular weight excluding hydrogens is 474 g/mol. The molecule has 9 heteroatoms. The number of aromatic nitrogens is 3. The molecule has 0 amide bonds. The van der Waals surface area contributed by atoms with Gasteiger partial charge in [-0.15, -0.1) is 11.3 Å². The summed E-state index contributed by atoms with van der Waals surface area (Å²) in [5.74, 6) is 0.532. The van der Waals surface area contributed by atoms with E-state index < -0.39 is 11.6 Å². The molecule has 4 heterocycles. The van der Waals surface area contributed by atoms with Gasteiger partial charge in [0.1, 0.15) is 17.1 Å². The van der Waals surface area contributed by atoms with Crippen LogP contribution in [-0.2, 0) is 22.4 Å². The Hall–Kier alpha value is -3.04. The number of pyridine rings is 1. The summed E-state index contributed by atoms with van der Waals surface area (Å²) in [7, 11) is 0. The molecule has 0 bridgehead atoms. The third-order valence-electron chi connectivity index (χ3n) is 5.91. The Balaban J connectivity index is 1.65. The first-order valence-corrected chi connectivity index (χ1v) is 13.3. The number of nitrogens with one attached hydrogen (secondary N) is 1. The summed E-state index contributed by atoms with van der Waals surface area (Å²) in [6, 6.07) is 3.93. The van der Waals surface area contributed by atoms with Crippen molar-refractivity contribution in [3.8, 4) is 0 Å². The van der Waals surface area contributed by atoms with E-state index in [1.807, 2.05) is 32.9 Å². The molecule has 36 heavy (non-hydrogen) atoms. The maximum atomic E-state index is 13.5. The Morgan fingerprint density at radius 2 is 1.97 bits per heavy atom. The topological polar surface area (TPSA) is 88.8 Å². The molecule has 1 N–H and O–H groups in total. The second kappa shape index (κ2) is 10.9. The van der Waals surface area contributed by atoms with E-state index in [-0.39, 0.29) is 5.56 Å². The zero-order chi connectivity index (χ0) is 25.9. The Morgan fingerprint density at radius 3 is 2.64 bits per heavy atom. The predicted molar refractivity (Wildman–Crippen MR) is 145 cm³/mol. The third kappa shape index (κ3) is 6.39. The zero-order valence-corrected chi connectivity index (χ0v) is 22.5. The number of carbonyl (C=O) groups excluding carboxylic acids is 1. The summed E-state index contributed by atoms with van der Waals surface area (Å²) in [6.45, 7) is 12.8. The van der Waals surface area contributed by atoms with Crippen LogP contribution in [0, 0.1) is 0 Å². The fraction of sp³-hybridized carbons (Fsp3) is 0.481. The minimum Gasteiger partial charge on any atom is -0.457 e. The van der Waals surface area contributed by atoms with E-state index in [1.165, 1.54) is 12.2 Å². The van der Waals surface area contributed by atoms with Gasteiger partial charge in [0.25, 0.3) is 5.56 Å². The average Bonchev–Trinajstić information content (AvgIpc) is 3.31. The number of esters is 1. The second-order valence-corrected chi connectivity index (χ2v) is 11.3. The molecule has 1 fully saturated rings. The van der Waals surface area contributed by atoms with Crippen LogP contribution >= 0.6 is 11.3 Å². The largest absolute Gasteiger partial charge is 0.457 e. The van der Waals surface area contributed by atoms with Gasteiger partial charge in [-0.1, -0.05) is 13.8 Å². The summed E-state index contributed by atoms with van der Waals surface area (Å²) in [4.78, 5) is 37.6. The number of hydrogen-bond acceptors (Lipinski definition) is 8. The van der Waals surface area contributed by atoms with Crippen LogP contribution in [0.2, 0.25) is 0 Å². The maximum absolute atomic E-state index is 13.5. The number of aryl methyl sites for hydroxylation is 2. The molecule has 4 rings (SSSR count). The van der Waals surface area contributed by atoms with E-state index >= 15 is 0 Å². The van der Waals surface area contributed by atoms with Crippen molar-refractivity contribution in [1.29, 1.82) is 0 Å². The van der Waals surface area contributed by atoms with E-state index in [2.05, 4.69) is 29.4 Å². The van der Waals surface area contributed by atoms with Crippen LogP contribution in [0.5, 0.6) is 0 Å². The summed E-state index contributed by atoms with van der Waals surface area (Å²) in [5, 5.41) is 6.58. The van der Waals surface area contributed by atoms with E-state index in [1.54, 1.807) is 21.9 Å². The monoisotopic (exact) mass is 509 g/mol. The van der Waals surface area contributed by atoms with Gasteiger partial charge in [0, 0.05) is 50.3 Å². The van der Waals surface area contributed by atoms with Crippen LogP contribution in [0.25, 0.3) is 11.7 Å². The van der Waals surface area contributed by atoms with Gasteiger partial charge in [-0.2, -0.15) is 0 Å². The molecular formula is C27H35N5O3S. The van der Waals surface area contributed by atoms with Gasteiger partial charge in [0.15, 0.2) is 0 Å². The third-order valence-corrected chi connectivity index (χ3v) is 6.83. The Labute approximate surface area is 216 Å². The number of ether oxygens (including phenoxy) is 1. The predicted octanol–water partition coefficient (Wildman–Crippen LogP) is 3.82. The number of thiazole rings is 1. The first-order chi connectivity index (χ1) is 17.1. The highest BCUT2D eigenvalue weighted by Gasteiger charge is 2.20. The summed E-state index contributed by atoms with van der Waals surface area (Å²) >= 11 is 1.70. The van der Waals surface area contributed by atoms with Gasteiger partial charge in [-0.05, 0) is 56.9 Å². The molecule has 0 radical (unpaired) electrons. The highest BCUT2D eigenvalue weighted by molar-refractivity contribution is 7.09. The molecule has 192 valence electrons. The van der Waals surface area contributed by atoms with Crippen molar-refractivity contribution in [2.75, 3.05) is 31.1 Å². The van der Waals surface area contributed by atoms with Crippen LogP contribution in [0.15, 0.2) is 34.6 Å². The normalized spacial score (nSPS) is 14.8. The highest BCUT2D eigenvalue weighted by Crippen LogP contribution is 2.21. The first kappa shape index (κ1) is 26.0. The molecule has 8 nitrogen and oxygen atoms in total. The van der Waals surface area contributed by atoms with Crippen LogP contribution < -0.4 is 15.8 Å². The van der Waals surface area contributed by atoms with Crippen molar-refractivity contribution in [3.05, 3.63) is 62.0 Å². The average molecular weight is 510 g/mol. The summed E-state index contributed by atoms with van der Waals surface area (Å²) < 4.78 is 6.93. The highest BCUT2D eigenvalue weighted by atomic mass is 32.1. The molecule has 0 atom stereocenters. The van der Waals surface area contributed by atoms with Crippen LogP contribution in [0.3, 0.4) is 0 Å². The number of anilines is 1. The molecule has 1 aliphatic rings. The lowest BCUT2D eigenvalue weighted by Crippen LogP contribution is -2.45. The van der Waals surface area contributed by atoms with E-state index in [0.717, 1.165) is 55.3 Å². The quantitative estimate of drug-likeness (QED) is 0.383. The first-order valence-electron chi connectivity index (χ1n) is 12.5. The van der Waals surface area contributed by atoms with Gasteiger partial charge < -0.3 is 15.0 Å². The van der Waals surface area contributed by atoms with Crippen molar-refractivity contribution in [1.82, 2.24) is 19.7 Å². The summed E-state index contributed by atoms with van der Waals surface area (Å²) in [6.07, 6.45) is 6.29. The Kier molecular flexibility index (Phi) is 7.90. The Morgan fingerprint density at radius 1 is 1.22 bits per heavy atom. The van der Waals surface area contributed by atoms with Crippen molar-refractivity contribution in [2.24, 2.45) is 0 Å². The second-order valence-electron chi connectivity index (χ2n) is 10.3. The zero-order valence-electron chi connectivity index (χ0n) is 21.7. The van der Waals surface area contributed by atoms with Gasteiger partial charge >= 0.3 is 5.97 Å². The lowest BCUT2D eigenvalue weighted by Gasteiger charge is -2.29. The summed E-state index contributed by atoms with van der Waals surface area (Å²) in [5.41, 5.74) is 2.41. The number of fused-ring (bicyclic) bond motifs is 1. The smallest absolute Gasteiger partial charge is 0.331 e. The fourth-order valence-corrected chi connectivity index (χ4v) is 5.00. The molecule has 1 aliphatic heterocycles. The molecule has 0 aromatic carbocycles. The van der Waals surface area contributed by atoms with Crippen LogP contribution in [0.1, 0.15) is 62.4 Å². The lowest BCUT2D eigenvalue weighted by atomic mass is 10.1. The maximum Gasteiger partial charge on any atom is 0.331 e. The van der Waals surface area contributed by atoms with Crippen LogP contribution in [-0.4, -0.2) is 52.1 Å². The number of nitrogens with zero attached hydrogens (tertiary/aromatic N) is 4. The van der Waals surface area contributed by atoms with Crippen molar-refractivity contribution in [2.45, 2.75) is 59.0 Å². The van der Waals surface area contributed by atoms with Crippen molar-refractivity contribution >= 4 is 34.8 Å². The molecule has 3 aromatic rings. The minimum absolute atomic E-state index is 0.207. The number of piperazine rings is 1. The van der Waals surface area contributed by atoms with Crippen molar-refractivity contribution < 1.29 is 9.53 Å². The van der Waals surface area contributed by atoms with E-state index in [0.29, 0.717) is 22.9 Å². The SMILES string of the molecule is CC(C)c1csc(CCc2ccn3c(=O)c(/C=C/C(=O)OC(C)(C)C)c(N4CCNCC4)nc3c2)n1.